The van der Waals surface area contributed by atoms with Crippen molar-refractivity contribution < 1.29 is 42.6 Å². The van der Waals surface area contributed by atoms with Crippen LogP contribution in [0.3, 0.4) is 0 Å². The maximum atomic E-state index is 12.4. The number of anilines is 1. The van der Waals surface area contributed by atoms with E-state index >= 15 is 0 Å². The molecule has 0 bridgehead atoms. The van der Waals surface area contributed by atoms with Gasteiger partial charge in [0.25, 0.3) is 5.91 Å². The summed E-state index contributed by atoms with van der Waals surface area (Å²) in [5.74, 6) is -4.85. The van der Waals surface area contributed by atoms with Gasteiger partial charge in [-0.3, -0.25) is 9.59 Å². The standard InChI is InChI=1S/C18H26N4O4.C2HF3O2/c1-12(2)16(18(25)26)22(5)17(24)14-9-8-13(11-19-14)20-15(23)7-6-10-21(3)4;3-2(4,5)1(6)7/h6-9,11-12,16H,10H2,1-5H3,(H,20,23)(H,25,26);(H,6,7)/b7-6+;/t16-;/m0./s1. The number of aromatic nitrogens is 1. The van der Waals surface area contributed by atoms with Gasteiger partial charge in [0.1, 0.15) is 11.7 Å². The van der Waals surface area contributed by atoms with Crippen LogP contribution in [0.15, 0.2) is 30.5 Å². The second-order valence-electron chi connectivity index (χ2n) is 7.33. The molecule has 0 aliphatic carbocycles. The molecule has 0 aliphatic heterocycles. The number of rotatable bonds is 8. The molecule has 33 heavy (non-hydrogen) atoms. The summed E-state index contributed by atoms with van der Waals surface area (Å²) in [7, 11) is 5.23. The van der Waals surface area contributed by atoms with E-state index < -0.39 is 30.1 Å². The second kappa shape index (κ2) is 13.2. The fourth-order valence-electron chi connectivity index (χ4n) is 2.35. The van der Waals surface area contributed by atoms with Crippen molar-refractivity contribution in [3.8, 4) is 0 Å². The first kappa shape index (κ1) is 29.5. The molecule has 0 aromatic carbocycles. The maximum absolute atomic E-state index is 12.4. The summed E-state index contributed by atoms with van der Waals surface area (Å²) in [5.41, 5.74) is 0.558. The number of hydrogen-bond donors (Lipinski definition) is 3. The van der Waals surface area contributed by atoms with Crippen LogP contribution in [0.4, 0.5) is 18.9 Å². The molecule has 0 unspecified atom stereocenters. The lowest BCUT2D eigenvalue weighted by Gasteiger charge is -2.27. The topological polar surface area (TPSA) is 140 Å². The lowest BCUT2D eigenvalue weighted by molar-refractivity contribution is -0.192. The Morgan fingerprint density at radius 3 is 2.03 bits per heavy atom. The van der Waals surface area contributed by atoms with E-state index in [0.29, 0.717) is 12.2 Å². The average Bonchev–Trinajstić information content (AvgIpc) is 2.66. The van der Waals surface area contributed by atoms with Crippen molar-refractivity contribution in [1.82, 2.24) is 14.8 Å². The Morgan fingerprint density at radius 2 is 1.67 bits per heavy atom. The lowest BCUT2D eigenvalue weighted by Crippen LogP contribution is -2.45. The number of carbonyl (C=O) groups excluding carboxylic acids is 2. The van der Waals surface area contributed by atoms with Crippen LogP contribution in [-0.2, 0) is 14.4 Å². The number of halogens is 3. The molecule has 184 valence electrons. The quantitative estimate of drug-likeness (QED) is 0.484. The van der Waals surface area contributed by atoms with Crippen molar-refractivity contribution in [2.75, 3.05) is 33.0 Å². The van der Waals surface area contributed by atoms with Gasteiger partial charge in [-0.1, -0.05) is 19.9 Å². The van der Waals surface area contributed by atoms with Gasteiger partial charge in [-0.05, 0) is 32.1 Å². The Balaban J connectivity index is 0.00000126. The molecule has 10 nitrogen and oxygen atoms in total. The zero-order valence-corrected chi connectivity index (χ0v) is 18.8. The number of hydrogen-bond acceptors (Lipinski definition) is 6. The van der Waals surface area contributed by atoms with Crippen molar-refractivity contribution in [3.63, 3.8) is 0 Å². The maximum Gasteiger partial charge on any atom is 0.490 e. The summed E-state index contributed by atoms with van der Waals surface area (Å²) in [4.78, 5) is 51.6. The Bertz CT molecular complexity index is 854. The van der Waals surface area contributed by atoms with Crippen molar-refractivity contribution in [3.05, 3.63) is 36.2 Å². The van der Waals surface area contributed by atoms with Gasteiger partial charge in [0.05, 0.1) is 11.9 Å². The summed E-state index contributed by atoms with van der Waals surface area (Å²) in [6.07, 6.45) is -0.565. The van der Waals surface area contributed by atoms with E-state index in [2.05, 4.69) is 10.3 Å². The molecule has 1 aromatic rings. The van der Waals surface area contributed by atoms with Crippen LogP contribution >= 0.6 is 0 Å². The van der Waals surface area contributed by atoms with E-state index in [4.69, 9.17) is 9.90 Å². The van der Waals surface area contributed by atoms with Gasteiger partial charge in [0.15, 0.2) is 0 Å². The molecule has 0 saturated carbocycles. The fraction of sp³-hybridized carbons (Fsp3) is 0.450. The third-order valence-corrected chi connectivity index (χ3v) is 3.85. The van der Waals surface area contributed by atoms with Gasteiger partial charge in [0, 0.05) is 19.7 Å². The van der Waals surface area contributed by atoms with E-state index in [0.717, 1.165) is 4.90 Å². The largest absolute Gasteiger partial charge is 0.490 e. The highest BCUT2D eigenvalue weighted by Gasteiger charge is 2.38. The first-order valence-corrected chi connectivity index (χ1v) is 9.46. The van der Waals surface area contributed by atoms with E-state index in [1.807, 2.05) is 19.0 Å². The average molecular weight is 476 g/mol. The molecule has 0 fully saturated rings. The van der Waals surface area contributed by atoms with E-state index in [1.54, 1.807) is 26.0 Å². The van der Waals surface area contributed by atoms with Crippen LogP contribution in [0.5, 0.6) is 0 Å². The zero-order valence-electron chi connectivity index (χ0n) is 18.8. The summed E-state index contributed by atoms with van der Waals surface area (Å²) in [6.45, 7) is 4.11. The predicted octanol–water partition coefficient (Wildman–Crippen LogP) is 1.95. The number of carboxylic acids is 2. The molecular weight excluding hydrogens is 449 g/mol. The first-order chi connectivity index (χ1) is 15.1. The Hall–Kier alpha value is -3.48. The van der Waals surface area contributed by atoms with Crippen molar-refractivity contribution in [2.24, 2.45) is 5.92 Å². The second-order valence-corrected chi connectivity index (χ2v) is 7.33. The highest BCUT2D eigenvalue weighted by Crippen LogP contribution is 2.14. The molecule has 0 saturated heterocycles. The number of likely N-dealkylation sites (N-methyl/N-ethyl adjacent to an activating group) is 2. The predicted molar refractivity (Wildman–Crippen MR) is 113 cm³/mol. The number of nitrogens with zero attached hydrogens (tertiary/aromatic N) is 3. The third-order valence-electron chi connectivity index (χ3n) is 3.85. The summed E-state index contributed by atoms with van der Waals surface area (Å²) >= 11 is 0. The fourth-order valence-corrected chi connectivity index (χ4v) is 2.35. The number of carbonyl (C=O) groups is 4. The number of aliphatic carboxylic acids is 2. The number of nitrogens with one attached hydrogen (secondary N) is 1. The van der Waals surface area contributed by atoms with Crippen molar-refractivity contribution in [2.45, 2.75) is 26.1 Å². The van der Waals surface area contributed by atoms with E-state index in [1.165, 1.54) is 25.4 Å². The highest BCUT2D eigenvalue weighted by molar-refractivity contribution is 5.99. The van der Waals surface area contributed by atoms with Crippen LogP contribution in [0.25, 0.3) is 0 Å². The van der Waals surface area contributed by atoms with Crippen molar-refractivity contribution in [1.29, 1.82) is 0 Å². The summed E-state index contributed by atoms with van der Waals surface area (Å²) in [5, 5.41) is 19.1. The molecule has 1 aromatic heterocycles. The number of amides is 2. The third kappa shape index (κ3) is 11.1. The minimum Gasteiger partial charge on any atom is -0.480 e. The molecular formula is C20H27F3N4O6. The van der Waals surface area contributed by atoms with E-state index in [9.17, 15) is 32.7 Å². The smallest absolute Gasteiger partial charge is 0.480 e. The molecule has 1 rings (SSSR count). The van der Waals surface area contributed by atoms with Crippen molar-refractivity contribution >= 4 is 29.4 Å². The Kier molecular flexibility index (Phi) is 11.8. The molecule has 1 atom stereocenters. The van der Waals surface area contributed by atoms with Gasteiger partial charge in [0.2, 0.25) is 5.91 Å². The minimum atomic E-state index is -5.08. The monoisotopic (exact) mass is 476 g/mol. The van der Waals surface area contributed by atoms with Gasteiger partial charge < -0.3 is 25.3 Å². The Labute approximate surface area is 188 Å². The highest BCUT2D eigenvalue weighted by atomic mass is 19.4. The molecule has 0 aliphatic rings. The molecule has 0 radical (unpaired) electrons. The van der Waals surface area contributed by atoms with Crippen LogP contribution < -0.4 is 5.32 Å². The Morgan fingerprint density at radius 1 is 1.12 bits per heavy atom. The summed E-state index contributed by atoms with van der Waals surface area (Å²) in [6, 6.07) is 2.07. The van der Waals surface area contributed by atoms with E-state index in [-0.39, 0.29) is 17.5 Å². The number of carboxylic acid groups (broad SMARTS) is 2. The molecule has 1 heterocycles. The molecule has 3 N–H and O–H groups in total. The SMILES string of the molecule is CC(C)[C@@H](C(=O)O)N(C)C(=O)c1ccc(NC(=O)/C=C/CN(C)C)cn1.O=C(O)C(F)(F)F. The number of pyridine rings is 1. The first-order valence-electron chi connectivity index (χ1n) is 9.46. The van der Waals surface area contributed by atoms with Gasteiger partial charge in [-0.15, -0.1) is 0 Å². The van der Waals surface area contributed by atoms with Gasteiger partial charge in [-0.25, -0.2) is 14.6 Å². The van der Waals surface area contributed by atoms with Crippen LogP contribution in [0.2, 0.25) is 0 Å². The van der Waals surface area contributed by atoms with Gasteiger partial charge in [-0.2, -0.15) is 13.2 Å². The zero-order chi connectivity index (χ0) is 25.9. The van der Waals surface area contributed by atoms with Crippen LogP contribution in [0, 0.1) is 5.92 Å². The normalized spacial score (nSPS) is 12.2. The summed E-state index contributed by atoms with van der Waals surface area (Å²) < 4.78 is 31.7. The van der Waals surface area contributed by atoms with Gasteiger partial charge >= 0.3 is 18.1 Å². The lowest BCUT2D eigenvalue weighted by atomic mass is 10.0. The molecule has 0 spiro atoms. The van der Waals surface area contributed by atoms with Crippen LogP contribution in [0.1, 0.15) is 24.3 Å². The number of alkyl halides is 3. The van der Waals surface area contributed by atoms with Crippen LogP contribution in [-0.4, -0.2) is 88.7 Å². The molecule has 13 heteroatoms. The minimum absolute atomic E-state index is 0.112. The molecule has 2 amide bonds.